The summed E-state index contributed by atoms with van der Waals surface area (Å²) in [5.41, 5.74) is 8.22. The molecule has 0 radical (unpaired) electrons. The molecule has 0 bridgehead atoms. The summed E-state index contributed by atoms with van der Waals surface area (Å²) in [5, 5.41) is 9.08. The number of nitrogen functional groups attached to an aromatic ring is 1. The van der Waals surface area contributed by atoms with Crippen molar-refractivity contribution in [3.05, 3.63) is 47.8 Å². The molecule has 2 N–H and O–H groups in total. The van der Waals surface area contributed by atoms with Gasteiger partial charge in [0.05, 0.1) is 17.4 Å². The Balaban J connectivity index is 2.44. The highest BCUT2D eigenvalue weighted by molar-refractivity contribution is 7.99. The fourth-order valence-corrected chi connectivity index (χ4v) is 2.44. The Labute approximate surface area is 104 Å². The van der Waals surface area contributed by atoms with Crippen molar-refractivity contribution < 1.29 is 0 Å². The summed E-state index contributed by atoms with van der Waals surface area (Å²) < 4.78 is 0. The maximum absolute atomic E-state index is 9.08. The van der Waals surface area contributed by atoms with E-state index < -0.39 is 0 Å². The van der Waals surface area contributed by atoms with Crippen molar-refractivity contribution in [2.75, 3.05) is 5.73 Å². The summed E-state index contributed by atoms with van der Waals surface area (Å²) >= 11 is 1.50. The van der Waals surface area contributed by atoms with Crippen molar-refractivity contribution in [2.45, 2.75) is 16.7 Å². The summed E-state index contributed by atoms with van der Waals surface area (Å²) in [7, 11) is 0. The minimum Gasteiger partial charge on any atom is -0.397 e. The molecule has 0 fully saturated rings. The Kier molecular flexibility index (Phi) is 3.31. The van der Waals surface area contributed by atoms with E-state index in [-0.39, 0.29) is 0 Å². The van der Waals surface area contributed by atoms with Crippen LogP contribution in [0, 0.1) is 18.3 Å². The lowest BCUT2D eigenvalue weighted by molar-refractivity contribution is 1.24. The third-order valence-corrected chi connectivity index (χ3v) is 3.69. The molecular formula is C13H11N3S. The van der Waals surface area contributed by atoms with Gasteiger partial charge >= 0.3 is 0 Å². The minimum atomic E-state index is 0.629. The SMILES string of the molecule is Cc1cccc(C#N)c1Sc1ccncc1N. The van der Waals surface area contributed by atoms with Crippen LogP contribution in [0.1, 0.15) is 11.1 Å². The fraction of sp³-hybridized carbons (Fsp3) is 0.0769. The van der Waals surface area contributed by atoms with E-state index in [1.54, 1.807) is 12.4 Å². The Morgan fingerprint density at radius 1 is 1.35 bits per heavy atom. The van der Waals surface area contributed by atoms with Gasteiger partial charge in [0.1, 0.15) is 6.07 Å². The van der Waals surface area contributed by atoms with E-state index in [1.807, 2.05) is 31.2 Å². The van der Waals surface area contributed by atoms with Crippen molar-refractivity contribution in [3.8, 4) is 6.07 Å². The highest BCUT2D eigenvalue weighted by Crippen LogP contribution is 2.35. The predicted octanol–water partition coefficient (Wildman–Crippen LogP) is 3.00. The molecule has 0 spiro atoms. The number of anilines is 1. The summed E-state index contributed by atoms with van der Waals surface area (Å²) in [6.07, 6.45) is 3.32. The van der Waals surface area contributed by atoms with Gasteiger partial charge < -0.3 is 5.73 Å². The van der Waals surface area contributed by atoms with Crippen LogP contribution in [-0.2, 0) is 0 Å². The summed E-state index contributed by atoms with van der Waals surface area (Å²) in [4.78, 5) is 5.82. The first-order valence-corrected chi connectivity index (χ1v) is 5.91. The van der Waals surface area contributed by atoms with Crippen LogP contribution in [0.15, 0.2) is 46.5 Å². The molecule has 17 heavy (non-hydrogen) atoms. The second-order valence-corrected chi connectivity index (χ2v) is 4.63. The summed E-state index contributed by atoms with van der Waals surface area (Å²) in [5.74, 6) is 0. The van der Waals surface area contributed by atoms with E-state index in [2.05, 4.69) is 11.1 Å². The van der Waals surface area contributed by atoms with E-state index >= 15 is 0 Å². The third kappa shape index (κ3) is 2.40. The molecule has 0 aliphatic heterocycles. The van der Waals surface area contributed by atoms with Gasteiger partial charge in [-0.25, -0.2) is 0 Å². The fourth-order valence-electron chi connectivity index (χ4n) is 1.47. The quantitative estimate of drug-likeness (QED) is 0.878. The zero-order valence-corrected chi connectivity index (χ0v) is 10.2. The van der Waals surface area contributed by atoms with Gasteiger partial charge in [0.15, 0.2) is 0 Å². The van der Waals surface area contributed by atoms with Crippen molar-refractivity contribution in [1.29, 1.82) is 5.26 Å². The van der Waals surface area contributed by atoms with Gasteiger partial charge in [-0.3, -0.25) is 4.98 Å². The van der Waals surface area contributed by atoms with E-state index in [0.717, 1.165) is 15.4 Å². The number of nitriles is 1. The van der Waals surface area contributed by atoms with Crippen LogP contribution >= 0.6 is 11.8 Å². The van der Waals surface area contributed by atoms with Crippen LogP contribution < -0.4 is 5.73 Å². The van der Waals surface area contributed by atoms with Crippen molar-refractivity contribution in [1.82, 2.24) is 4.98 Å². The van der Waals surface area contributed by atoms with Gasteiger partial charge in [-0.15, -0.1) is 0 Å². The molecule has 2 rings (SSSR count). The lowest BCUT2D eigenvalue weighted by atomic mass is 10.1. The Morgan fingerprint density at radius 2 is 2.18 bits per heavy atom. The molecule has 1 heterocycles. The van der Waals surface area contributed by atoms with Crippen LogP contribution in [0.3, 0.4) is 0 Å². The van der Waals surface area contributed by atoms with Gasteiger partial charge in [-0.2, -0.15) is 5.26 Å². The number of hydrogen-bond acceptors (Lipinski definition) is 4. The molecule has 1 aromatic carbocycles. The molecule has 0 amide bonds. The van der Waals surface area contributed by atoms with Gasteiger partial charge in [-0.05, 0) is 24.6 Å². The van der Waals surface area contributed by atoms with Crippen molar-refractivity contribution in [3.63, 3.8) is 0 Å². The number of aromatic nitrogens is 1. The van der Waals surface area contributed by atoms with Crippen molar-refractivity contribution in [2.24, 2.45) is 0 Å². The standard InChI is InChI=1S/C13H11N3S/c1-9-3-2-4-10(7-14)13(9)17-12-5-6-16-8-11(12)15/h2-6,8H,15H2,1H3. The molecular weight excluding hydrogens is 230 g/mol. The Morgan fingerprint density at radius 3 is 2.88 bits per heavy atom. The molecule has 0 saturated carbocycles. The van der Waals surface area contributed by atoms with Gasteiger partial charge in [0.25, 0.3) is 0 Å². The monoisotopic (exact) mass is 241 g/mol. The molecule has 3 nitrogen and oxygen atoms in total. The Bertz CT molecular complexity index is 587. The van der Waals surface area contributed by atoms with Crippen molar-refractivity contribution >= 4 is 17.4 Å². The largest absolute Gasteiger partial charge is 0.397 e. The minimum absolute atomic E-state index is 0.629. The van der Waals surface area contributed by atoms with E-state index in [9.17, 15) is 0 Å². The average molecular weight is 241 g/mol. The van der Waals surface area contributed by atoms with Crippen LogP contribution in [0.2, 0.25) is 0 Å². The number of nitrogens with two attached hydrogens (primary N) is 1. The Hall–Kier alpha value is -1.99. The molecule has 0 aliphatic rings. The zero-order chi connectivity index (χ0) is 12.3. The lowest BCUT2D eigenvalue weighted by Crippen LogP contribution is -1.91. The smallest absolute Gasteiger partial charge is 0.100 e. The first-order valence-electron chi connectivity index (χ1n) is 5.09. The topological polar surface area (TPSA) is 62.7 Å². The second-order valence-electron chi connectivity index (χ2n) is 3.58. The average Bonchev–Trinajstić information content (AvgIpc) is 2.34. The van der Waals surface area contributed by atoms with Gasteiger partial charge in [0, 0.05) is 16.0 Å². The number of hydrogen-bond donors (Lipinski definition) is 1. The molecule has 0 atom stereocenters. The van der Waals surface area contributed by atoms with Gasteiger partial charge in [-0.1, -0.05) is 23.9 Å². The summed E-state index contributed by atoms with van der Waals surface area (Å²) in [6.45, 7) is 1.99. The van der Waals surface area contributed by atoms with E-state index in [4.69, 9.17) is 11.0 Å². The normalized spacial score (nSPS) is 9.88. The maximum Gasteiger partial charge on any atom is 0.100 e. The van der Waals surface area contributed by atoms with Gasteiger partial charge in [0.2, 0.25) is 0 Å². The number of pyridine rings is 1. The number of benzene rings is 1. The molecule has 4 heteroatoms. The van der Waals surface area contributed by atoms with Crippen LogP contribution in [-0.4, -0.2) is 4.98 Å². The zero-order valence-electron chi connectivity index (χ0n) is 9.34. The third-order valence-electron chi connectivity index (χ3n) is 2.35. The molecule has 0 aliphatic carbocycles. The molecule has 0 saturated heterocycles. The second kappa shape index (κ2) is 4.89. The molecule has 84 valence electrons. The highest BCUT2D eigenvalue weighted by atomic mass is 32.2. The summed E-state index contributed by atoms with van der Waals surface area (Å²) in [6, 6.07) is 9.74. The van der Waals surface area contributed by atoms with E-state index in [1.165, 1.54) is 11.8 Å². The number of rotatable bonds is 2. The molecule has 0 unspecified atom stereocenters. The van der Waals surface area contributed by atoms with Crippen LogP contribution in [0.5, 0.6) is 0 Å². The maximum atomic E-state index is 9.08. The van der Waals surface area contributed by atoms with E-state index in [0.29, 0.717) is 11.3 Å². The lowest BCUT2D eigenvalue weighted by Gasteiger charge is -2.08. The van der Waals surface area contributed by atoms with Crippen LogP contribution in [0.4, 0.5) is 5.69 Å². The first-order chi connectivity index (χ1) is 8.22. The number of aryl methyl sites for hydroxylation is 1. The first kappa shape index (κ1) is 11.5. The van der Waals surface area contributed by atoms with Crippen LogP contribution in [0.25, 0.3) is 0 Å². The highest BCUT2D eigenvalue weighted by Gasteiger charge is 2.08. The molecule has 1 aromatic heterocycles. The predicted molar refractivity (Wildman–Crippen MR) is 68.7 cm³/mol. The number of nitrogens with zero attached hydrogens (tertiary/aromatic N) is 2. The molecule has 2 aromatic rings.